The van der Waals surface area contributed by atoms with Gasteiger partial charge in [0.2, 0.25) is 0 Å². The van der Waals surface area contributed by atoms with Crippen molar-refractivity contribution in [2.24, 2.45) is 0 Å². The maximum absolute atomic E-state index is 9.45. The van der Waals surface area contributed by atoms with Gasteiger partial charge in [-0.2, -0.15) is 0 Å². The third-order valence-corrected chi connectivity index (χ3v) is 2.12. The van der Waals surface area contributed by atoms with Gasteiger partial charge >= 0.3 is 0 Å². The van der Waals surface area contributed by atoms with Gasteiger partial charge in [0.05, 0.1) is 0 Å². The molecule has 0 aliphatic rings. The maximum Gasteiger partial charge on any atom is 0.122 e. The summed E-state index contributed by atoms with van der Waals surface area (Å²) in [7, 11) is 0. The number of phenolic OH excluding ortho intramolecular Hbond substituents is 2. The van der Waals surface area contributed by atoms with E-state index in [0.717, 1.165) is 0 Å². The molecule has 3 N–H and O–H groups in total. The Kier molecular flexibility index (Phi) is 3.14. The number of hydrogen-bond donors (Lipinski definition) is 3. The lowest BCUT2D eigenvalue weighted by Crippen LogP contribution is -1.97. The number of aromatic hydroxyl groups is 2. The Morgan fingerprint density at radius 3 is 2.23 bits per heavy atom. The highest BCUT2D eigenvalue weighted by molar-refractivity contribution is 5.45. The molecule has 0 heterocycles. The van der Waals surface area contributed by atoms with E-state index in [9.17, 15) is 10.2 Å². The smallest absolute Gasteiger partial charge is 0.122 e. The van der Waals surface area contributed by atoms with Crippen molar-refractivity contribution in [3.8, 4) is 11.5 Å². The fourth-order valence-corrected chi connectivity index (χ4v) is 1.38. The summed E-state index contributed by atoms with van der Waals surface area (Å²) < 4.78 is 0. The van der Waals surface area contributed by atoms with Crippen molar-refractivity contribution in [3.63, 3.8) is 0 Å². The van der Waals surface area contributed by atoms with E-state index in [-0.39, 0.29) is 24.0 Å². The molecule has 13 heavy (non-hydrogen) atoms. The van der Waals surface area contributed by atoms with Crippen LogP contribution in [0.1, 0.15) is 24.8 Å². The fourth-order valence-electron chi connectivity index (χ4n) is 1.38. The Labute approximate surface area is 77.3 Å². The summed E-state index contributed by atoms with van der Waals surface area (Å²) in [6.07, 6.45) is 0.533. The normalized spacial score (nSPS) is 12.8. The number of rotatable bonds is 3. The molecule has 0 saturated carbocycles. The van der Waals surface area contributed by atoms with Gasteiger partial charge < -0.3 is 15.3 Å². The summed E-state index contributed by atoms with van der Waals surface area (Å²) in [6, 6.07) is 4.64. The first-order chi connectivity index (χ1) is 6.16. The molecule has 0 amide bonds. The van der Waals surface area contributed by atoms with E-state index in [1.54, 1.807) is 6.07 Å². The van der Waals surface area contributed by atoms with Crippen LogP contribution >= 0.6 is 0 Å². The van der Waals surface area contributed by atoms with Gasteiger partial charge in [0.15, 0.2) is 0 Å². The van der Waals surface area contributed by atoms with Gasteiger partial charge in [-0.05, 0) is 24.5 Å². The predicted octanol–water partition coefficient (Wildman–Crippen LogP) is 1.58. The van der Waals surface area contributed by atoms with E-state index in [0.29, 0.717) is 12.0 Å². The molecule has 0 radical (unpaired) electrons. The lowest BCUT2D eigenvalue weighted by molar-refractivity contribution is 0.276. The zero-order chi connectivity index (χ0) is 9.84. The van der Waals surface area contributed by atoms with Crippen LogP contribution in [0.3, 0.4) is 0 Å². The molecule has 0 aromatic heterocycles. The van der Waals surface area contributed by atoms with Crippen molar-refractivity contribution < 1.29 is 15.3 Å². The van der Waals surface area contributed by atoms with Gasteiger partial charge in [0.1, 0.15) is 11.5 Å². The summed E-state index contributed by atoms with van der Waals surface area (Å²) in [5.41, 5.74) is 0.511. The monoisotopic (exact) mass is 182 g/mol. The second-order valence-electron chi connectivity index (χ2n) is 3.12. The highest BCUT2D eigenvalue weighted by Gasteiger charge is 2.13. The molecule has 3 nitrogen and oxygen atoms in total. The summed E-state index contributed by atoms with van der Waals surface area (Å²) in [5, 5.41) is 27.6. The predicted molar refractivity (Wildman–Crippen MR) is 49.9 cm³/mol. The van der Waals surface area contributed by atoms with Crippen molar-refractivity contribution in [2.75, 3.05) is 6.61 Å². The Bertz CT molecular complexity index is 263. The summed E-state index contributed by atoms with van der Waals surface area (Å²) >= 11 is 0. The Morgan fingerprint density at radius 2 is 1.77 bits per heavy atom. The molecule has 72 valence electrons. The Balaban J connectivity index is 2.98. The average Bonchev–Trinajstić information content (AvgIpc) is 2.04. The molecule has 0 fully saturated rings. The minimum atomic E-state index is -0.0359. The van der Waals surface area contributed by atoms with Crippen LogP contribution in [0, 0.1) is 0 Å². The molecular weight excluding hydrogens is 168 g/mol. The van der Waals surface area contributed by atoms with Gasteiger partial charge in [0.25, 0.3) is 0 Å². The molecule has 0 spiro atoms. The lowest BCUT2D eigenvalue weighted by atomic mass is 9.96. The number of benzene rings is 1. The third-order valence-electron chi connectivity index (χ3n) is 2.12. The van der Waals surface area contributed by atoms with Crippen LogP contribution in [0.15, 0.2) is 18.2 Å². The van der Waals surface area contributed by atoms with E-state index < -0.39 is 0 Å². The highest BCUT2D eigenvalue weighted by Crippen LogP contribution is 2.34. The van der Waals surface area contributed by atoms with E-state index in [4.69, 9.17) is 5.11 Å². The number of hydrogen-bond acceptors (Lipinski definition) is 3. The average molecular weight is 182 g/mol. The lowest BCUT2D eigenvalue weighted by Gasteiger charge is -2.13. The van der Waals surface area contributed by atoms with Gasteiger partial charge in [-0.25, -0.2) is 0 Å². The standard InChI is InChI=1S/C10H14O3/c1-7(5-6-11)10-8(12)3-2-4-9(10)13/h2-4,7,11-13H,5-6H2,1H3. The zero-order valence-electron chi connectivity index (χ0n) is 7.57. The van der Waals surface area contributed by atoms with E-state index in [1.165, 1.54) is 12.1 Å². The van der Waals surface area contributed by atoms with E-state index >= 15 is 0 Å². The van der Waals surface area contributed by atoms with E-state index in [1.807, 2.05) is 6.92 Å². The molecule has 0 bridgehead atoms. The van der Waals surface area contributed by atoms with Crippen LogP contribution in [0.2, 0.25) is 0 Å². The quantitative estimate of drug-likeness (QED) is 0.665. The molecule has 1 rings (SSSR count). The van der Waals surface area contributed by atoms with Crippen LogP contribution in [0.5, 0.6) is 11.5 Å². The maximum atomic E-state index is 9.45. The molecule has 1 aromatic carbocycles. The summed E-state index contributed by atoms with van der Waals surface area (Å²) in [4.78, 5) is 0. The summed E-state index contributed by atoms with van der Waals surface area (Å²) in [5.74, 6) is 0.133. The second kappa shape index (κ2) is 4.14. The van der Waals surface area contributed by atoms with Crippen molar-refractivity contribution >= 4 is 0 Å². The van der Waals surface area contributed by atoms with Gasteiger partial charge in [0, 0.05) is 12.2 Å². The Hall–Kier alpha value is -1.22. The fraction of sp³-hybridized carbons (Fsp3) is 0.400. The van der Waals surface area contributed by atoms with Gasteiger partial charge in [-0.1, -0.05) is 13.0 Å². The first kappa shape index (κ1) is 9.86. The van der Waals surface area contributed by atoms with Gasteiger partial charge in [-0.3, -0.25) is 0 Å². The molecule has 0 aliphatic heterocycles. The number of aliphatic hydroxyl groups excluding tert-OH is 1. The van der Waals surface area contributed by atoms with Crippen LogP contribution in [0.4, 0.5) is 0 Å². The molecule has 0 saturated heterocycles. The first-order valence-electron chi connectivity index (χ1n) is 4.28. The van der Waals surface area contributed by atoms with Crippen molar-refractivity contribution in [1.82, 2.24) is 0 Å². The van der Waals surface area contributed by atoms with Crippen molar-refractivity contribution in [3.05, 3.63) is 23.8 Å². The minimum absolute atomic E-state index is 0.0359. The number of aliphatic hydroxyl groups is 1. The van der Waals surface area contributed by atoms with Crippen molar-refractivity contribution in [1.29, 1.82) is 0 Å². The van der Waals surface area contributed by atoms with Crippen LogP contribution in [-0.2, 0) is 0 Å². The number of phenols is 2. The molecule has 1 unspecified atom stereocenters. The first-order valence-corrected chi connectivity index (χ1v) is 4.28. The Morgan fingerprint density at radius 1 is 1.23 bits per heavy atom. The van der Waals surface area contributed by atoms with Crippen LogP contribution < -0.4 is 0 Å². The minimum Gasteiger partial charge on any atom is -0.508 e. The van der Waals surface area contributed by atoms with Crippen molar-refractivity contribution in [2.45, 2.75) is 19.3 Å². The molecule has 1 aromatic rings. The largest absolute Gasteiger partial charge is 0.508 e. The molecule has 0 aliphatic carbocycles. The third kappa shape index (κ3) is 2.12. The van der Waals surface area contributed by atoms with E-state index in [2.05, 4.69) is 0 Å². The van der Waals surface area contributed by atoms with Crippen LogP contribution in [-0.4, -0.2) is 21.9 Å². The summed E-state index contributed by atoms with van der Waals surface area (Å²) in [6.45, 7) is 1.90. The SMILES string of the molecule is CC(CCO)c1c(O)cccc1O. The zero-order valence-corrected chi connectivity index (χ0v) is 7.57. The second-order valence-corrected chi connectivity index (χ2v) is 3.12. The highest BCUT2D eigenvalue weighted by atomic mass is 16.3. The van der Waals surface area contributed by atoms with Crippen LogP contribution in [0.25, 0.3) is 0 Å². The topological polar surface area (TPSA) is 60.7 Å². The molecule has 3 heteroatoms. The van der Waals surface area contributed by atoms with Gasteiger partial charge in [-0.15, -0.1) is 0 Å². The molecule has 1 atom stereocenters. The molecular formula is C10H14O3.